The number of hydrogen-bond donors (Lipinski definition) is 2. The third-order valence-electron chi connectivity index (χ3n) is 1.83. The van der Waals surface area contributed by atoms with Gasteiger partial charge < -0.3 is 20.0 Å². The Labute approximate surface area is 77.3 Å². The van der Waals surface area contributed by atoms with Crippen molar-refractivity contribution in [1.82, 2.24) is 0 Å². The zero-order valence-electron chi connectivity index (χ0n) is 7.69. The highest BCUT2D eigenvalue weighted by atomic mass is 16.5. The van der Waals surface area contributed by atoms with E-state index < -0.39 is 6.10 Å². The Balaban J connectivity index is 2.59. The van der Waals surface area contributed by atoms with E-state index >= 15 is 0 Å². The normalized spacial score (nSPS) is 13.2. The Hall–Kier alpha value is -0.840. The zero-order valence-corrected chi connectivity index (χ0v) is 7.69. The monoisotopic (exact) mass is 185 g/mol. The van der Waals surface area contributed by atoms with E-state index in [-0.39, 0.29) is 6.54 Å². The predicted octanol–water partition coefficient (Wildman–Crippen LogP) is 0.288. The summed E-state index contributed by atoms with van der Waals surface area (Å²) in [6, 6.07) is 1.84. The summed E-state index contributed by atoms with van der Waals surface area (Å²) < 4.78 is 10.2. The molecule has 0 bridgehead atoms. The summed E-state index contributed by atoms with van der Waals surface area (Å²) in [6.07, 6.45) is 1.50. The van der Waals surface area contributed by atoms with Crippen molar-refractivity contribution in [3.05, 3.63) is 23.7 Å². The molecule has 1 heterocycles. The number of hydrogen-bond acceptors (Lipinski definition) is 4. The Morgan fingerprint density at radius 1 is 1.69 bits per heavy atom. The van der Waals surface area contributed by atoms with Crippen LogP contribution in [0.25, 0.3) is 0 Å². The average Bonchev–Trinajstić information content (AvgIpc) is 2.54. The number of ether oxygens (including phenoxy) is 1. The van der Waals surface area contributed by atoms with E-state index in [1.807, 2.05) is 6.07 Å². The van der Waals surface area contributed by atoms with Crippen LogP contribution in [0.2, 0.25) is 0 Å². The summed E-state index contributed by atoms with van der Waals surface area (Å²) in [6.45, 7) is 0.746. The number of rotatable bonds is 5. The average molecular weight is 185 g/mol. The van der Waals surface area contributed by atoms with Crippen LogP contribution in [0.4, 0.5) is 0 Å². The first kappa shape index (κ1) is 10.2. The lowest BCUT2D eigenvalue weighted by Crippen LogP contribution is -2.22. The molecule has 1 aromatic heterocycles. The Kier molecular flexibility index (Phi) is 3.95. The summed E-state index contributed by atoms with van der Waals surface area (Å²) >= 11 is 0. The van der Waals surface area contributed by atoms with E-state index in [2.05, 4.69) is 0 Å². The number of methoxy groups -OCH3 is 1. The molecule has 0 aliphatic carbocycles. The van der Waals surface area contributed by atoms with E-state index in [0.29, 0.717) is 13.0 Å². The van der Waals surface area contributed by atoms with Gasteiger partial charge in [-0.15, -0.1) is 0 Å². The van der Waals surface area contributed by atoms with E-state index in [1.165, 1.54) is 0 Å². The Morgan fingerprint density at radius 2 is 2.46 bits per heavy atom. The lowest BCUT2D eigenvalue weighted by atomic mass is 10.1. The van der Waals surface area contributed by atoms with Crippen LogP contribution in [0, 0.1) is 0 Å². The molecule has 3 N–H and O–H groups in total. The lowest BCUT2D eigenvalue weighted by Gasteiger charge is -2.06. The first-order chi connectivity index (χ1) is 6.27. The van der Waals surface area contributed by atoms with Crippen molar-refractivity contribution < 1.29 is 14.3 Å². The van der Waals surface area contributed by atoms with Gasteiger partial charge in [-0.05, 0) is 6.07 Å². The molecule has 0 aliphatic rings. The Morgan fingerprint density at radius 3 is 3.08 bits per heavy atom. The number of aliphatic hydroxyl groups excluding tert-OH is 1. The van der Waals surface area contributed by atoms with Crippen molar-refractivity contribution in [2.24, 2.45) is 5.73 Å². The van der Waals surface area contributed by atoms with Crippen LogP contribution in [0.15, 0.2) is 16.7 Å². The minimum absolute atomic E-state index is 0.243. The summed E-state index contributed by atoms with van der Waals surface area (Å²) in [5.41, 5.74) is 6.26. The van der Waals surface area contributed by atoms with Crippen LogP contribution in [0.5, 0.6) is 0 Å². The van der Waals surface area contributed by atoms with E-state index in [9.17, 15) is 5.11 Å². The molecule has 1 unspecified atom stereocenters. The number of furan rings is 1. The lowest BCUT2D eigenvalue weighted by molar-refractivity contribution is 0.166. The van der Waals surface area contributed by atoms with Gasteiger partial charge in [-0.25, -0.2) is 0 Å². The third-order valence-corrected chi connectivity index (χ3v) is 1.83. The quantitative estimate of drug-likeness (QED) is 0.691. The minimum atomic E-state index is -0.540. The molecule has 4 heteroatoms. The van der Waals surface area contributed by atoms with Gasteiger partial charge >= 0.3 is 0 Å². The van der Waals surface area contributed by atoms with Crippen LogP contribution >= 0.6 is 0 Å². The van der Waals surface area contributed by atoms with Crippen LogP contribution in [-0.2, 0) is 17.8 Å². The molecule has 74 valence electrons. The molecular formula is C9H15NO3. The number of aliphatic hydroxyl groups is 1. The molecule has 0 radical (unpaired) electrons. The van der Waals surface area contributed by atoms with Gasteiger partial charge in [0, 0.05) is 25.6 Å². The van der Waals surface area contributed by atoms with E-state index in [4.69, 9.17) is 14.9 Å². The van der Waals surface area contributed by atoms with Gasteiger partial charge in [0.2, 0.25) is 0 Å². The molecular weight excluding hydrogens is 170 g/mol. The fourth-order valence-electron chi connectivity index (χ4n) is 1.13. The van der Waals surface area contributed by atoms with Gasteiger partial charge in [-0.2, -0.15) is 0 Å². The van der Waals surface area contributed by atoms with Crippen LogP contribution in [0.1, 0.15) is 11.3 Å². The molecule has 0 spiro atoms. The van der Waals surface area contributed by atoms with Crippen LogP contribution in [-0.4, -0.2) is 24.9 Å². The maximum atomic E-state index is 9.30. The SMILES string of the molecule is COCc1ccoc1CC(O)CN. The van der Waals surface area contributed by atoms with Crippen LogP contribution in [0.3, 0.4) is 0 Å². The zero-order chi connectivity index (χ0) is 9.68. The molecule has 4 nitrogen and oxygen atoms in total. The second-order valence-corrected chi connectivity index (χ2v) is 2.90. The fraction of sp³-hybridized carbons (Fsp3) is 0.556. The molecule has 0 aromatic carbocycles. The molecule has 1 atom stereocenters. The molecule has 0 fully saturated rings. The van der Waals surface area contributed by atoms with E-state index in [1.54, 1.807) is 13.4 Å². The maximum Gasteiger partial charge on any atom is 0.111 e. The fourth-order valence-corrected chi connectivity index (χ4v) is 1.13. The number of nitrogens with two attached hydrogens (primary N) is 1. The van der Waals surface area contributed by atoms with Gasteiger partial charge in [-0.1, -0.05) is 0 Å². The summed E-state index contributed by atoms with van der Waals surface area (Å²) in [5, 5.41) is 9.30. The molecule has 1 rings (SSSR count). The van der Waals surface area contributed by atoms with Crippen molar-refractivity contribution >= 4 is 0 Å². The highest BCUT2D eigenvalue weighted by Crippen LogP contribution is 2.13. The third kappa shape index (κ3) is 2.84. The standard InChI is InChI=1S/C9H15NO3/c1-12-6-7-2-3-13-9(7)4-8(11)5-10/h2-3,8,11H,4-6,10H2,1H3. The molecule has 0 saturated heterocycles. The highest BCUT2D eigenvalue weighted by Gasteiger charge is 2.10. The van der Waals surface area contributed by atoms with Crippen molar-refractivity contribution in [3.63, 3.8) is 0 Å². The first-order valence-corrected chi connectivity index (χ1v) is 4.20. The van der Waals surface area contributed by atoms with Crippen molar-refractivity contribution in [3.8, 4) is 0 Å². The summed E-state index contributed by atoms with van der Waals surface area (Å²) in [4.78, 5) is 0. The Bertz CT molecular complexity index is 247. The molecule has 1 aromatic rings. The minimum Gasteiger partial charge on any atom is -0.469 e. The van der Waals surface area contributed by atoms with Crippen molar-refractivity contribution in [2.75, 3.05) is 13.7 Å². The molecule has 0 aliphatic heterocycles. The highest BCUT2D eigenvalue weighted by molar-refractivity contribution is 5.16. The maximum absolute atomic E-state index is 9.30. The topological polar surface area (TPSA) is 68.6 Å². The molecule has 0 saturated carbocycles. The van der Waals surface area contributed by atoms with Gasteiger partial charge in [0.1, 0.15) is 5.76 Å². The van der Waals surface area contributed by atoms with Gasteiger partial charge in [0.15, 0.2) is 0 Å². The first-order valence-electron chi connectivity index (χ1n) is 4.20. The van der Waals surface area contributed by atoms with Gasteiger partial charge in [0.25, 0.3) is 0 Å². The van der Waals surface area contributed by atoms with Gasteiger partial charge in [0.05, 0.1) is 19.0 Å². The summed E-state index contributed by atoms with van der Waals surface area (Å²) in [7, 11) is 1.62. The largest absolute Gasteiger partial charge is 0.469 e. The molecule has 13 heavy (non-hydrogen) atoms. The molecule has 0 amide bonds. The predicted molar refractivity (Wildman–Crippen MR) is 48.2 cm³/mol. The van der Waals surface area contributed by atoms with Gasteiger partial charge in [-0.3, -0.25) is 0 Å². The second kappa shape index (κ2) is 5.01. The second-order valence-electron chi connectivity index (χ2n) is 2.90. The van der Waals surface area contributed by atoms with E-state index in [0.717, 1.165) is 11.3 Å². The van der Waals surface area contributed by atoms with Crippen molar-refractivity contribution in [1.29, 1.82) is 0 Å². The smallest absolute Gasteiger partial charge is 0.111 e. The summed E-state index contributed by atoms with van der Waals surface area (Å²) in [5.74, 6) is 0.750. The van der Waals surface area contributed by atoms with Crippen molar-refractivity contribution in [2.45, 2.75) is 19.1 Å². The van der Waals surface area contributed by atoms with Crippen LogP contribution < -0.4 is 5.73 Å².